The van der Waals surface area contributed by atoms with Crippen LogP contribution in [0, 0.1) is 10.8 Å². The molecule has 7 aromatic rings. The summed E-state index contributed by atoms with van der Waals surface area (Å²) in [6.07, 6.45) is 2.48. The van der Waals surface area contributed by atoms with Crippen molar-refractivity contribution in [3.05, 3.63) is 121 Å². The van der Waals surface area contributed by atoms with Crippen molar-refractivity contribution in [2.45, 2.75) is 80.4 Å². The van der Waals surface area contributed by atoms with Gasteiger partial charge >= 0.3 is 26.2 Å². The van der Waals surface area contributed by atoms with Crippen LogP contribution in [0.5, 0.6) is 0 Å². The number of carbonyl (C=O) groups is 2. The Bertz CT molecular complexity index is 2940. The van der Waals surface area contributed by atoms with E-state index in [-0.39, 0.29) is 49.3 Å². The number of nitrogens with zero attached hydrogens (tertiary/aromatic N) is 8. The molecule has 0 aliphatic carbocycles. The number of ether oxygens (including phenoxy) is 2. The van der Waals surface area contributed by atoms with Gasteiger partial charge in [-0.2, -0.15) is 0 Å². The number of hydrogen-bond acceptors (Lipinski definition) is 12. The first-order valence-electron chi connectivity index (χ1n) is 22.1. The van der Waals surface area contributed by atoms with E-state index in [1.807, 2.05) is 139 Å². The van der Waals surface area contributed by atoms with Gasteiger partial charge in [0.25, 0.3) is 0 Å². The monoisotopic (exact) mass is 1000 g/mol. The van der Waals surface area contributed by atoms with E-state index in [0.29, 0.717) is 45.9 Å². The van der Waals surface area contributed by atoms with Crippen molar-refractivity contribution in [3.63, 3.8) is 0 Å². The molecule has 0 radical (unpaired) electrons. The third kappa shape index (κ3) is 11.2. The molecule has 9 rings (SSSR count). The zero-order chi connectivity index (χ0) is 49.3. The molecule has 5 heterocycles. The summed E-state index contributed by atoms with van der Waals surface area (Å²) in [5, 5.41) is 22.8. The van der Waals surface area contributed by atoms with Gasteiger partial charge < -0.3 is 49.6 Å². The molecule has 15 heteroatoms. The van der Waals surface area contributed by atoms with Crippen LogP contribution in [0.2, 0.25) is 0 Å². The minimum atomic E-state index is -0.876. The maximum atomic E-state index is 11.6. The smallest absolute Gasteiger partial charge is 0.512 e. The fourth-order valence-corrected chi connectivity index (χ4v) is 6.69. The van der Waals surface area contributed by atoms with Crippen molar-refractivity contribution in [3.8, 4) is 45.6 Å². The Morgan fingerprint density at radius 1 is 0.435 bits per heavy atom. The third-order valence-electron chi connectivity index (χ3n) is 11.6. The number of aliphatic hydroxyl groups is 2. The molecule has 0 saturated carbocycles. The maximum Gasteiger partial charge on any atom is 2.00 e. The summed E-state index contributed by atoms with van der Waals surface area (Å²) in [4.78, 5) is 62.5. The van der Waals surface area contributed by atoms with Crippen molar-refractivity contribution in [1.29, 1.82) is 0 Å². The summed E-state index contributed by atoms with van der Waals surface area (Å²) in [5.74, 6) is 1.90. The molecule has 2 aliphatic heterocycles. The van der Waals surface area contributed by atoms with Crippen molar-refractivity contribution in [2.75, 3.05) is 14.2 Å². The Balaban J connectivity index is 0.000000225. The normalized spacial score (nSPS) is 12.8. The summed E-state index contributed by atoms with van der Waals surface area (Å²) in [5.41, 5.74) is 3.22. The Morgan fingerprint density at radius 3 is 0.884 bits per heavy atom. The molecular weight excluding hydrogens is 948 g/mol. The van der Waals surface area contributed by atoms with Gasteiger partial charge in [0, 0.05) is 82.0 Å². The standard InChI is InChI=1S/C32H16N8.2C11H20O3.Zr/c1-2-10-18-17(9-1)25-33-26(18)38-28-21-13-5-6-14-22(21)30(35-28)40-32-24-16-8-7-15-23(24)31(36-32)39-29-20-12-4-3-11-19(20)27(34-29)37-25;2*1-10(2,3)8(12)7-9(13)11(4,5)14-6;/h1-16H;2*7,12H,1-6H3;/q-2;;;+2. The van der Waals surface area contributed by atoms with E-state index in [9.17, 15) is 19.8 Å². The van der Waals surface area contributed by atoms with Crippen molar-refractivity contribution in [1.82, 2.24) is 39.9 Å². The van der Waals surface area contributed by atoms with Crippen LogP contribution in [-0.4, -0.2) is 77.1 Å². The van der Waals surface area contributed by atoms with Crippen LogP contribution in [0.3, 0.4) is 0 Å². The van der Waals surface area contributed by atoms with Crippen LogP contribution in [0.1, 0.15) is 69.2 Å². The van der Waals surface area contributed by atoms with Gasteiger partial charge in [-0.3, -0.25) is 9.59 Å². The summed E-state index contributed by atoms with van der Waals surface area (Å²) < 4.78 is 10.0. The maximum absolute atomic E-state index is 11.6. The predicted octanol–water partition coefficient (Wildman–Crippen LogP) is 11.1. The summed E-state index contributed by atoms with van der Waals surface area (Å²) in [7, 11) is 2.94. The molecular formula is C54H56N8O6Zr. The largest absolute Gasteiger partial charge is 2.00 e. The number of aromatic nitrogens is 8. The van der Waals surface area contributed by atoms with Crippen LogP contribution < -0.4 is 9.97 Å². The molecule has 3 aromatic heterocycles. The van der Waals surface area contributed by atoms with Gasteiger partial charge in [-0.1, -0.05) is 139 Å². The van der Waals surface area contributed by atoms with Gasteiger partial charge in [-0.05, 0) is 49.2 Å². The quantitative estimate of drug-likeness (QED) is 0.118. The average molecular weight is 1000 g/mol. The number of ketones is 2. The Labute approximate surface area is 420 Å². The molecule has 0 amide bonds. The van der Waals surface area contributed by atoms with Crippen LogP contribution in [-0.2, 0) is 45.3 Å². The van der Waals surface area contributed by atoms with E-state index in [1.165, 1.54) is 26.4 Å². The number of benzene rings is 4. The second kappa shape index (κ2) is 20.2. The van der Waals surface area contributed by atoms with Crippen molar-refractivity contribution in [2.24, 2.45) is 10.8 Å². The van der Waals surface area contributed by atoms with E-state index in [1.54, 1.807) is 27.7 Å². The van der Waals surface area contributed by atoms with Crippen LogP contribution in [0.25, 0.3) is 89.7 Å². The molecule has 0 spiro atoms. The average Bonchev–Trinajstić information content (AvgIpc) is 4.04. The number of fused-ring (bicyclic) bond motifs is 20. The molecule has 352 valence electrons. The first-order valence-corrected chi connectivity index (χ1v) is 22.1. The first kappa shape index (κ1) is 51.8. The van der Waals surface area contributed by atoms with Gasteiger partial charge in [0.05, 0.1) is 23.3 Å². The van der Waals surface area contributed by atoms with Gasteiger partial charge in [0.2, 0.25) is 0 Å². The zero-order valence-corrected chi connectivity index (χ0v) is 43.5. The van der Waals surface area contributed by atoms with Crippen molar-refractivity contribution < 1.29 is 55.5 Å². The van der Waals surface area contributed by atoms with Gasteiger partial charge in [0.1, 0.15) is 22.7 Å². The number of rotatable bonds is 6. The van der Waals surface area contributed by atoms with Crippen LogP contribution in [0.4, 0.5) is 0 Å². The molecule has 69 heavy (non-hydrogen) atoms. The van der Waals surface area contributed by atoms with E-state index < -0.39 is 22.0 Å². The molecule has 2 N–H and O–H groups in total. The Hall–Kier alpha value is -6.54. The van der Waals surface area contributed by atoms with Crippen LogP contribution >= 0.6 is 0 Å². The van der Waals surface area contributed by atoms with Gasteiger partial charge in [-0.25, -0.2) is 9.97 Å². The Morgan fingerprint density at radius 2 is 0.667 bits per heavy atom. The molecule has 14 nitrogen and oxygen atoms in total. The fraction of sp³-hybridized carbons (Fsp3) is 0.296. The Kier molecular flexibility index (Phi) is 15.2. The van der Waals surface area contributed by atoms with E-state index in [4.69, 9.17) is 49.3 Å². The minimum Gasteiger partial charge on any atom is -0.512 e. The summed E-state index contributed by atoms with van der Waals surface area (Å²) in [6.45, 7) is 17.7. The number of allylic oxidation sites excluding steroid dienone is 2. The van der Waals surface area contributed by atoms with Crippen LogP contribution in [0.15, 0.2) is 121 Å². The number of aliphatic hydroxyl groups excluding tert-OH is 2. The van der Waals surface area contributed by atoms with E-state index >= 15 is 0 Å². The third-order valence-corrected chi connectivity index (χ3v) is 11.6. The molecule has 0 fully saturated rings. The predicted molar refractivity (Wildman–Crippen MR) is 267 cm³/mol. The topological polar surface area (TPSA) is 199 Å². The number of carbonyl (C=O) groups excluding carboxylic acids is 2. The molecule has 8 bridgehead atoms. The second-order valence-electron chi connectivity index (χ2n) is 19.4. The first-order chi connectivity index (χ1) is 32.0. The second-order valence-corrected chi connectivity index (χ2v) is 19.4. The molecule has 0 saturated heterocycles. The summed E-state index contributed by atoms with van der Waals surface area (Å²) in [6, 6.07) is 31.8. The van der Waals surface area contributed by atoms with Gasteiger partial charge in [0.15, 0.2) is 11.6 Å². The van der Waals surface area contributed by atoms with E-state index in [0.717, 1.165) is 43.8 Å². The number of hydrogen-bond donors (Lipinski definition) is 2. The molecule has 4 aromatic carbocycles. The molecule has 0 atom stereocenters. The van der Waals surface area contributed by atoms with Gasteiger partial charge in [-0.15, -0.1) is 0 Å². The van der Waals surface area contributed by atoms with Crippen molar-refractivity contribution >= 4 is 55.7 Å². The van der Waals surface area contributed by atoms with E-state index in [2.05, 4.69) is 0 Å². The number of methoxy groups -OCH3 is 2. The molecule has 0 unspecified atom stereocenters. The zero-order valence-electron chi connectivity index (χ0n) is 41.0. The minimum absolute atomic E-state index is 0. The SMILES string of the molecule is COC(C)(C)C(=O)C=C(O)C(C)(C)C.COC(C)(C)C(=O)C=C(O)C(C)(C)C.[Zr+2].c1ccc2c(c1)-c1nc-2nc2[n-]c(nc3nc(nc4[n-]c(n1)c1ccccc41)-c1ccccc1-3)c1ccccc21. The summed E-state index contributed by atoms with van der Waals surface area (Å²) >= 11 is 0. The fourth-order valence-electron chi connectivity index (χ4n) is 6.69. The molecule has 2 aliphatic rings.